The molecule has 0 N–H and O–H groups in total. The third-order valence-corrected chi connectivity index (χ3v) is 7.55. The van der Waals surface area contributed by atoms with Gasteiger partial charge in [0.2, 0.25) is 11.8 Å². The van der Waals surface area contributed by atoms with Gasteiger partial charge in [-0.05, 0) is 55.2 Å². The molecule has 0 saturated heterocycles. The zero-order valence-electron chi connectivity index (χ0n) is 18.1. The van der Waals surface area contributed by atoms with Gasteiger partial charge >= 0.3 is 0 Å². The van der Waals surface area contributed by atoms with Gasteiger partial charge in [-0.3, -0.25) is 9.59 Å². The summed E-state index contributed by atoms with van der Waals surface area (Å²) in [6, 6.07) is 10.6. The minimum Gasteiger partial charge on any atom is -0.333 e. The number of unbranched alkanes of at least 4 members (excludes halogenated alkanes) is 1. The van der Waals surface area contributed by atoms with Gasteiger partial charge < -0.3 is 9.80 Å². The molecule has 160 valence electrons. The highest BCUT2D eigenvalue weighted by Gasteiger charge is 2.35. The minimum absolute atomic E-state index is 0.0556. The minimum atomic E-state index is -0.0556. The van der Waals surface area contributed by atoms with Crippen molar-refractivity contribution in [3.8, 4) is 0 Å². The fourth-order valence-corrected chi connectivity index (χ4v) is 5.38. The van der Waals surface area contributed by atoms with E-state index in [1.807, 2.05) is 9.80 Å². The van der Waals surface area contributed by atoms with Crippen LogP contribution in [0.4, 0.5) is 0 Å². The summed E-state index contributed by atoms with van der Waals surface area (Å²) < 4.78 is 0. The summed E-state index contributed by atoms with van der Waals surface area (Å²) >= 11 is 1.78. The zero-order valence-corrected chi connectivity index (χ0v) is 18.9. The number of hydrogen-bond acceptors (Lipinski definition) is 3. The van der Waals surface area contributed by atoms with Crippen LogP contribution >= 0.6 is 11.3 Å². The molecule has 1 aromatic heterocycles. The first kappa shape index (κ1) is 21.1. The molecule has 2 heterocycles. The van der Waals surface area contributed by atoms with Crippen molar-refractivity contribution in [3.05, 3.63) is 57.3 Å². The van der Waals surface area contributed by atoms with Crippen molar-refractivity contribution in [2.24, 2.45) is 5.92 Å². The van der Waals surface area contributed by atoms with Crippen molar-refractivity contribution in [2.75, 3.05) is 19.6 Å². The Labute approximate surface area is 183 Å². The summed E-state index contributed by atoms with van der Waals surface area (Å²) in [6.45, 7) is 5.82. The molecule has 2 aliphatic rings. The number of fused-ring (bicyclic) bond motifs is 1. The number of nitrogens with zero attached hydrogens (tertiary/aromatic N) is 2. The van der Waals surface area contributed by atoms with Gasteiger partial charge in [-0.1, -0.05) is 49.6 Å². The molecule has 0 unspecified atom stereocenters. The SMILES string of the molecule is CCCCN(CC(=O)N1CCc2sccc2[C@@H]1c1ccc(C)cc1)C(=O)C1CCC1. The Morgan fingerprint density at radius 2 is 1.93 bits per heavy atom. The summed E-state index contributed by atoms with van der Waals surface area (Å²) in [5.41, 5.74) is 3.61. The van der Waals surface area contributed by atoms with Crippen LogP contribution in [0.1, 0.15) is 66.6 Å². The van der Waals surface area contributed by atoms with E-state index in [1.54, 1.807) is 11.3 Å². The molecule has 0 radical (unpaired) electrons. The van der Waals surface area contributed by atoms with Crippen LogP contribution < -0.4 is 0 Å². The molecule has 1 saturated carbocycles. The van der Waals surface area contributed by atoms with Crippen molar-refractivity contribution in [1.29, 1.82) is 0 Å². The van der Waals surface area contributed by atoms with Gasteiger partial charge in [0.15, 0.2) is 0 Å². The van der Waals surface area contributed by atoms with E-state index in [9.17, 15) is 9.59 Å². The first-order valence-electron chi connectivity index (χ1n) is 11.3. The van der Waals surface area contributed by atoms with Crippen LogP contribution in [-0.2, 0) is 16.0 Å². The van der Waals surface area contributed by atoms with E-state index >= 15 is 0 Å². The van der Waals surface area contributed by atoms with Crippen molar-refractivity contribution in [3.63, 3.8) is 0 Å². The number of amides is 2. The second kappa shape index (κ2) is 9.34. The Morgan fingerprint density at radius 3 is 2.60 bits per heavy atom. The van der Waals surface area contributed by atoms with E-state index in [0.717, 1.165) is 44.1 Å². The van der Waals surface area contributed by atoms with E-state index in [2.05, 4.69) is 49.6 Å². The molecule has 1 aliphatic carbocycles. The van der Waals surface area contributed by atoms with E-state index in [1.165, 1.54) is 16.0 Å². The average Bonchev–Trinajstić information content (AvgIpc) is 3.18. The Morgan fingerprint density at radius 1 is 1.17 bits per heavy atom. The lowest BCUT2D eigenvalue weighted by molar-refractivity contribution is -0.145. The fraction of sp³-hybridized carbons (Fsp3) is 0.520. The topological polar surface area (TPSA) is 40.6 Å². The van der Waals surface area contributed by atoms with E-state index < -0.39 is 0 Å². The highest BCUT2D eigenvalue weighted by Crippen LogP contribution is 2.38. The van der Waals surface area contributed by atoms with Gasteiger partial charge in [0.05, 0.1) is 12.6 Å². The monoisotopic (exact) mass is 424 g/mol. The Balaban J connectivity index is 1.57. The lowest BCUT2D eigenvalue weighted by Crippen LogP contribution is -2.48. The van der Waals surface area contributed by atoms with Crippen molar-refractivity contribution >= 4 is 23.2 Å². The number of thiophene rings is 1. The lowest BCUT2D eigenvalue weighted by atomic mass is 9.84. The second-order valence-corrected chi connectivity index (χ2v) is 9.69. The molecule has 1 fully saturated rings. The van der Waals surface area contributed by atoms with Crippen LogP contribution in [0.2, 0.25) is 0 Å². The van der Waals surface area contributed by atoms with Gasteiger partial charge in [-0.2, -0.15) is 0 Å². The molecule has 2 aromatic rings. The van der Waals surface area contributed by atoms with Crippen molar-refractivity contribution in [1.82, 2.24) is 9.80 Å². The third kappa shape index (κ3) is 4.31. The Bertz CT molecular complexity index is 885. The number of benzene rings is 1. The van der Waals surface area contributed by atoms with Crippen LogP contribution in [0.25, 0.3) is 0 Å². The molecule has 4 nitrogen and oxygen atoms in total. The van der Waals surface area contributed by atoms with Gasteiger partial charge in [0.25, 0.3) is 0 Å². The quantitative estimate of drug-likeness (QED) is 0.630. The predicted molar refractivity (Wildman–Crippen MR) is 122 cm³/mol. The van der Waals surface area contributed by atoms with Gasteiger partial charge in [0.1, 0.15) is 0 Å². The summed E-state index contributed by atoms with van der Waals surface area (Å²) in [5.74, 6) is 0.386. The van der Waals surface area contributed by atoms with Gasteiger partial charge in [-0.15, -0.1) is 11.3 Å². The first-order chi connectivity index (χ1) is 14.6. The van der Waals surface area contributed by atoms with Crippen LogP contribution in [0.15, 0.2) is 35.7 Å². The lowest BCUT2D eigenvalue weighted by Gasteiger charge is -2.38. The van der Waals surface area contributed by atoms with Crippen molar-refractivity contribution in [2.45, 2.75) is 58.4 Å². The maximum absolute atomic E-state index is 13.5. The third-order valence-electron chi connectivity index (χ3n) is 6.55. The standard InChI is InChI=1S/C25H32N2O2S/c1-3-4-14-26(25(29)20-6-5-7-20)17-23(28)27-15-12-22-21(13-16-30-22)24(27)19-10-8-18(2)9-11-19/h8-11,13,16,20,24H,3-7,12,14-15,17H2,1-2H3/t24-/m0/s1. The zero-order chi connectivity index (χ0) is 21.1. The van der Waals surface area contributed by atoms with E-state index in [4.69, 9.17) is 0 Å². The molecular weight excluding hydrogens is 392 g/mol. The maximum atomic E-state index is 13.5. The van der Waals surface area contributed by atoms with E-state index in [0.29, 0.717) is 13.1 Å². The molecule has 5 heteroatoms. The molecule has 1 aromatic carbocycles. The highest BCUT2D eigenvalue weighted by molar-refractivity contribution is 7.10. The van der Waals surface area contributed by atoms with Crippen LogP contribution in [0.5, 0.6) is 0 Å². The smallest absolute Gasteiger partial charge is 0.242 e. The fourth-order valence-electron chi connectivity index (χ4n) is 4.48. The number of aryl methyl sites for hydroxylation is 1. The molecule has 4 rings (SSSR count). The molecule has 1 atom stereocenters. The van der Waals surface area contributed by atoms with E-state index in [-0.39, 0.29) is 30.3 Å². The molecule has 30 heavy (non-hydrogen) atoms. The highest BCUT2D eigenvalue weighted by atomic mass is 32.1. The maximum Gasteiger partial charge on any atom is 0.242 e. The second-order valence-electron chi connectivity index (χ2n) is 8.69. The van der Waals surface area contributed by atoms with Gasteiger partial charge in [-0.25, -0.2) is 0 Å². The average molecular weight is 425 g/mol. The van der Waals surface area contributed by atoms with Gasteiger partial charge in [0, 0.05) is 23.9 Å². The number of carbonyl (C=O) groups is 2. The molecule has 0 spiro atoms. The molecule has 1 aliphatic heterocycles. The molecule has 0 bridgehead atoms. The predicted octanol–water partition coefficient (Wildman–Crippen LogP) is 4.96. The van der Waals surface area contributed by atoms with Crippen LogP contribution in [-0.4, -0.2) is 41.2 Å². The number of rotatable bonds is 7. The summed E-state index contributed by atoms with van der Waals surface area (Å²) in [7, 11) is 0. The van der Waals surface area contributed by atoms with Crippen LogP contribution in [0.3, 0.4) is 0 Å². The van der Waals surface area contributed by atoms with Crippen LogP contribution in [0, 0.1) is 12.8 Å². The molecule has 2 amide bonds. The summed E-state index contributed by atoms with van der Waals surface area (Å²) in [4.78, 5) is 31.7. The summed E-state index contributed by atoms with van der Waals surface area (Å²) in [6.07, 6.45) is 5.95. The number of carbonyl (C=O) groups excluding carboxylic acids is 2. The Hall–Kier alpha value is -2.14. The van der Waals surface area contributed by atoms with Crippen molar-refractivity contribution < 1.29 is 9.59 Å². The normalized spacial score (nSPS) is 18.6. The largest absolute Gasteiger partial charge is 0.333 e. The summed E-state index contributed by atoms with van der Waals surface area (Å²) in [5, 5.41) is 2.13. The number of hydrogen-bond donors (Lipinski definition) is 0. The molecular formula is C25H32N2O2S. The Kier molecular flexibility index (Phi) is 6.57. The first-order valence-corrected chi connectivity index (χ1v) is 12.2.